The number of benzene rings is 1. The first-order chi connectivity index (χ1) is 10.5. The van der Waals surface area contributed by atoms with Gasteiger partial charge in [-0.3, -0.25) is 9.59 Å². The minimum Gasteiger partial charge on any atom is -0.342 e. The normalized spacial score (nSPS) is 17.9. The van der Waals surface area contributed by atoms with E-state index in [4.69, 9.17) is 0 Å². The van der Waals surface area contributed by atoms with Crippen molar-refractivity contribution in [1.82, 2.24) is 4.90 Å². The highest BCUT2D eigenvalue weighted by atomic mass is 79.9. The Bertz CT molecular complexity index is 560. The van der Waals surface area contributed by atoms with Crippen molar-refractivity contribution in [3.05, 3.63) is 28.2 Å². The van der Waals surface area contributed by atoms with Gasteiger partial charge in [-0.2, -0.15) is 0 Å². The van der Waals surface area contributed by atoms with Gasteiger partial charge in [0, 0.05) is 29.7 Å². The van der Waals surface area contributed by atoms with Crippen LogP contribution in [0.5, 0.6) is 0 Å². The van der Waals surface area contributed by atoms with Crippen molar-refractivity contribution >= 4 is 33.4 Å². The van der Waals surface area contributed by atoms with Crippen molar-refractivity contribution in [2.75, 3.05) is 18.4 Å². The first-order valence-electron chi connectivity index (χ1n) is 7.86. The molecule has 4 nitrogen and oxygen atoms in total. The van der Waals surface area contributed by atoms with Crippen LogP contribution in [0.1, 0.15) is 38.2 Å². The van der Waals surface area contributed by atoms with Gasteiger partial charge in [-0.25, -0.2) is 0 Å². The zero-order chi connectivity index (χ0) is 16.1. The summed E-state index contributed by atoms with van der Waals surface area (Å²) in [4.78, 5) is 26.1. The molecule has 1 aliphatic heterocycles. The van der Waals surface area contributed by atoms with Gasteiger partial charge in [0.1, 0.15) is 0 Å². The summed E-state index contributed by atoms with van der Waals surface area (Å²) in [6, 6.07) is 5.73. The molecule has 2 rings (SSSR count). The van der Waals surface area contributed by atoms with Crippen molar-refractivity contribution in [2.45, 2.75) is 39.5 Å². The van der Waals surface area contributed by atoms with E-state index in [-0.39, 0.29) is 17.7 Å². The lowest BCUT2D eigenvalue weighted by atomic mass is 10.1. The average Bonchev–Trinajstić information content (AvgIpc) is 2.85. The molecule has 1 unspecified atom stereocenters. The van der Waals surface area contributed by atoms with Crippen LogP contribution < -0.4 is 5.32 Å². The van der Waals surface area contributed by atoms with Gasteiger partial charge in [-0.1, -0.05) is 41.8 Å². The molecule has 0 radical (unpaired) electrons. The second kappa shape index (κ2) is 7.77. The number of anilines is 1. The molecule has 1 aromatic rings. The van der Waals surface area contributed by atoms with E-state index in [0.29, 0.717) is 13.0 Å². The number of rotatable bonds is 6. The quantitative estimate of drug-likeness (QED) is 0.779. The number of nitrogens with one attached hydrogen (secondary N) is 1. The summed E-state index contributed by atoms with van der Waals surface area (Å²) in [7, 11) is 0. The molecule has 120 valence electrons. The zero-order valence-corrected chi connectivity index (χ0v) is 14.8. The van der Waals surface area contributed by atoms with Crippen LogP contribution in [0.2, 0.25) is 0 Å². The second-order valence-electron chi connectivity index (χ2n) is 5.90. The van der Waals surface area contributed by atoms with E-state index in [1.807, 2.05) is 30.0 Å². The van der Waals surface area contributed by atoms with Crippen LogP contribution in [0, 0.1) is 12.8 Å². The van der Waals surface area contributed by atoms with Crippen LogP contribution >= 0.6 is 15.9 Å². The highest BCUT2D eigenvalue weighted by molar-refractivity contribution is 9.10. The first kappa shape index (κ1) is 17.0. The monoisotopic (exact) mass is 366 g/mol. The van der Waals surface area contributed by atoms with E-state index in [1.54, 1.807) is 0 Å². The molecular weight excluding hydrogens is 344 g/mol. The van der Waals surface area contributed by atoms with Gasteiger partial charge < -0.3 is 10.2 Å². The molecule has 1 aromatic carbocycles. The van der Waals surface area contributed by atoms with E-state index in [0.717, 1.165) is 41.5 Å². The third-order valence-electron chi connectivity index (χ3n) is 4.06. The fourth-order valence-electron chi connectivity index (χ4n) is 2.63. The molecule has 1 heterocycles. The summed E-state index contributed by atoms with van der Waals surface area (Å²) in [5, 5.41) is 2.91. The Hall–Kier alpha value is -1.36. The summed E-state index contributed by atoms with van der Waals surface area (Å²) in [5.41, 5.74) is 1.88. The number of aryl methyl sites for hydroxylation is 1. The molecule has 0 spiro atoms. The lowest BCUT2D eigenvalue weighted by Gasteiger charge is -2.16. The number of halogens is 1. The molecule has 0 bridgehead atoms. The van der Waals surface area contributed by atoms with Gasteiger partial charge in [-0.05, 0) is 31.0 Å². The minimum atomic E-state index is -0.241. The van der Waals surface area contributed by atoms with E-state index in [9.17, 15) is 9.59 Å². The number of likely N-dealkylation sites (tertiary alicyclic amines) is 1. The maximum Gasteiger partial charge on any atom is 0.229 e. The van der Waals surface area contributed by atoms with Gasteiger partial charge in [-0.15, -0.1) is 0 Å². The van der Waals surface area contributed by atoms with Gasteiger partial charge in [0.2, 0.25) is 11.8 Å². The van der Waals surface area contributed by atoms with E-state index < -0.39 is 0 Å². The summed E-state index contributed by atoms with van der Waals surface area (Å²) in [5.74, 6) is -0.211. The van der Waals surface area contributed by atoms with E-state index in [2.05, 4.69) is 28.2 Å². The largest absolute Gasteiger partial charge is 0.342 e. The topological polar surface area (TPSA) is 49.4 Å². The predicted octanol–water partition coefficient (Wildman–Crippen LogP) is 3.73. The molecule has 1 N–H and O–H groups in total. The molecular formula is C17H23BrN2O2. The third kappa shape index (κ3) is 4.32. The first-order valence-corrected chi connectivity index (χ1v) is 8.65. The van der Waals surface area contributed by atoms with Crippen LogP contribution in [0.25, 0.3) is 0 Å². The summed E-state index contributed by atoms with van der Waals surface area (Å²) < 4.78 is 0.967. The Labute approximate surface area is 140 Å². The number of amides is 2. The smallest absolute Gasteiger partial charge is 0.229 e. The lowest BCUT2D eigenvalue weighted by molar-refractivity contribution is -0.128. The van der Waals surface area contributed by atoms with E-state index in [1.165, 1.54) is 0 Å². The lowest BCUT2D eigenvalue weighted by Crippen LogP contribution is -2.29. The Kier molecular flexibility index (Phi) is 6.00. The number of carbonyl (C=O) groups is 2. The fraction of sp³-hybridized carbons (Fsp3) is 0.529. The zero-order valence-electron chi connectivity index (χ0n) is 13.2. The molecule has 22 heavy (non-hydrogen) atoms. The molecule has 1 fully saturated rings. The van der Waals surface area contributed by atoms with Crippen molar-refractivity contribution in [3.8, 4) is 0 Å². The standard InChI is InChI=1S/C17H23BrN2O2/c1-3-4-5-8-20-11-13(9-16(20)21)17(22)19-14-7-6-12(2)15(18)10-14/h6-7,10,13H,3-5,8-9,11H2,1-2H3,(H,19,22). The minimum absolute atomic E-state index is 0.0675. The van der Waals surface area contributed by atoms with Gasteiger partial charge in [0.25, 0.3) is 0 Å². The van der Waals surface area contributed by atoms with Crippen molar-refractivity contribution in [3.63, 3.8) is 0 Å². The van der Waals surface area contributed by atoms with Crippen molar-refractivity contribution in [2.24, 2.45) is 5.92 Å². The second-order valence-corrected chi connectivity index (χ2v) is 6.76. The van der Waals surface area contributed by atoms with Crippen molar-refractivity contribution in [1.29, 1.82) is 0 Å². The predicted molar refractivity (Wildman–Crippen MR) is 91.7 cm³/mol. The third-order valence-corrected chi connectivity index (χ3v) is 4.91. The molecule has 1 saturated heterocycles. The Morgan fingerprint density at radius 2 is 2.18 bits per heavy atom. The summed E-state index contributed by atoms with van der Waals surface area (Å²) in [6.07, 6.45) is 3.60. The number of nitrogens with zero attached hydrogens (tertiary/aromatic N) is 1. The molecule has 1 aliphatic rings. The Morgan fingerprint density at radius 3 is 2.86 bits per heavy atom. The van der Waals surface area contributed by atoms with Crippen LogP contribution in [0.15, 0.2) is 22.7 Å². The van der Waals surface area contributed by atoms with E-state index >= 15 is 0 Å². The highest BCUT2D eigenvalue weighted by Crippen LogP contribution is 2.23. The molecule has 0 aliphatic carbocycles. The molecule has 0 saturated carbocycles. The van der Waals surface area contributed by atoms with Gasteiger partial charge in [0.05, 0.1) is 5.92 Å². The number of carbonyl (C=O) groups excluding carboxylic acids is 2. The van der Waals surface area contributed by atoms with Crippen LogP contribution in [-0.2, 0) is 9.59 Å². The average molecular weight is 367 g/mol. The molecule has 1 atom stereocenters. The van der Waals surface area contributed by atoms with Crippen molar-refractivity contribution < 1.29 is 9.59 Å². The Morgan fingerprint density at radius 1 is 1.41 bits per heavy atom. The maximum absolute atomic E-state index is 12.3. The highest BCUT2D eigenvalue weighted by Gasteiger charge is 2.33. The molecule has 5 heteroatoms. The molecule has 0 aromatic heterocycles. The maximum atomic E-state index is 12.3. The van der Waals surface area contributed by atoms with Crippen LogP contribution in [0.3, 0.4) is 0 Å². The number of hydrogen-bond donors (Lipinski definition) is 1. The Balaban J connectivity index is 1.90. The number of hydrogen-bond acceptors (Lipinski definition) is 2. The summed E-state index contributed by atoms with van der Waals surface area (Å²) in [6.45, 7) is 5.45. The van der Waals surface area contributed by atoms with Gasteiger partial charge >= 0.3 is 0 Å². The number of unbranched alkanes of at least 4 members (excludes halogenated alkanes) is 2. The van der Waals surface area contributed by atoms with Gasteiger partial charge in [0.15, 0.2) is 0 Å². The summed E-state index contributed by atoms with van der Waals surface area (Å²) >= 11 is 3.46. The van der Waals surface area contributed by atoms with Crippen LogP contribution in [0.4, 0.5) is 5.69 Å². The molecule has 2 amide bonds. The fourth-order valence-corrected chi connectivity index (χ4v) is 3.01. The SMILES string of the molecule is CCCCCN1CC(C(=O)Nc2ccc(C)c(Br)c2)CC1=O. The van der Waals surface area contributed by atoms with Crippen LogP contribution in [-0.4, -0.2) is 29.8 Å².